The molecule has 1 fully saturated rings. The van der Waals surface area contributed by atoms with E-state index in [2.05, 4.69) is 34.1 Å². The van der Waals surface area contributed by atoms with Crippen molar-refractivity contribution in [2.75, 3.05) is 20.2 Å². The number of likely N-dealkylation sites (tertiary alicyclic amines) is 1. The lowest BCUT2D eigenvalue weighted by Gasteiger charge is -2.35. The summed E-state index contributed by atoms with van der Waals surface area (Å²) in [6.07, 6.45) is 1.53. The molecule has 1 saturated heterocycles. The van der Waals surface area contributed by atoms with Gasteiger partial charge in [0, 0.05) is 18.5 Å². The molecule has 0 bridgehead atoms. The Balaban J connectivity index is 1.78. The van der Waals surface area contributed by atoms with Crippen molar-refractivity contribution in [3.63, 3.8) is 0 Å². The highest BCUT2D eigenvalue weighted by Gasteiger charge is 2.30. The van der Waals surface area contributed by atoms with Crippen LogP contribution in [0.5, 0.6) is 0 Å². The molecule has 0 unspecified atom stereocenters. The summed E-state index contributed by atoms with van der Waals surface area (Å²) < 4.78 is 4.69. The number of rotatable bonds is 8. The number of methoxy groups -OCH3 is 1. The highest BCUT2D eigenvalue weighted by molar-refractivity contribution is 5.89. The summed E-state index contributed by atoms with van der Waals surface area (Å²) in [5.74, 6) is 0.141. The minimum absolute atomic E-state index is 0.0195. The number of nitrogens with one attached hydrogen (secondary N) is 2. The van der Waals surface area contributed by atoms with E-state index in [1.807, 2.05) is 13.8 Å². The average Bonchev–Trinajstić information content (AvgIpc) is 2.76. The van der Waals surface area contributed by atoms with Gasteiger partial charge in [-0.05, 0) is 63.4 Å². The van der Waals surface area contributed by atoms with Crippen molar-refractivity contribution >= 4 is 17.8 Å². The first-order valence-electron chi connectivity index (χ1n) is 10.7. The van der Waals surface area contributed by atoms with E-state index in [-0.39, 0.29) is 35.8 Å². The standard InChI is InChI=1S/C23H35N3O4/c1-15(2)16(3)25-22(28)19-10-12-26(13-11-19)17(4)21(27)24-14-18-6-8-20(9-7-18)23(29)30-5/h6-9,15-17,19H,10-14H2,1-5H3,(H,24,27)(H,25,28)/t16-,17+/m0/s1. The molecule has 1 aromatic rings. The number of piperidine rings is 1. The maximum Gasteiger partial charge on any atom is 0.337 e. The largest absolute Gasteiger partial charge is 0.465 e. The van der Waals surface area contributed by atoms with Crippen molar-refractivity contribution in [3.8, 4) is 0 Å². The fourth-order valence-electron chi connectivity index (χ4n) is 3.44. The molecule has 30 heavy (non-hydrogen) atoms. The number of hydrogen-bond donors (Lipinski definition) is 2. The van der Waals surface area contributed by atoms with Crippen LogP contribution in [0.1, 0.15) is 56.5 Å². The lowest BCUT2D eigenvalue weighted by atomic mass is 9.94. The third-order valence-corrected chi connectivity index (χ3v) is 6.04. The summed E-state index contributed by atoms with van der Waals surface area (Å²) in [5.41, 5.74) is 1.40. The number of hydrogen-bond acceptors (Lipinski definition) is 5. The van der Waals surface area contributed by atoms with Crippen molar-refractivity contribution in [1.29, 1.82) is 0 Å². The first-order valence-corrected chi connectivity index (χ1v) is 10.7. The number of benzene rings is 1. The van der Waals surface area contributed by atoms with Crippen LogP contribution in [0.15, 0.2) is 24.3 Å². The molecule has 0 saturated carbocycles. The van der Waals surface area contributed by atoms with Gasteiger partial charge in [0.25, 0.3) is 0 Å². The Bertz CT molecular complexity index is 724. The van der Waals surface area contributed by atoms with E-state index in [4.69, 9.17) is 0 Å². The molecule has 2 N–H and O–H groups in total. The number of esters is 1. The lowest BCUT2D eigenvalue weighted by Crippen LogP contribution is -2.50. The molecule has 0 spiro atoms. The zero-order valence-corrected chi connectivity index (χ0v) is 18.7. The molecule has 0 aromatic heterocycles. The fraction of sp³-hybridized carbons (Fsp3) is 0.609. The van der Waals surface area contributed by atoms with Crippen molar-refractivity contribution in [3.05, 3.63) is 35.4 Å². The molecule has 2 amide bonds. The maximum absolute atomic E-state index is 12.6. The van der Waals surface area contributed by atoms with Crippen LogP contribution < -0.4 is 10.6 Å². The fourth-order valence-corrected chi connectivity index (χ4v) is 3.44. The first-order chi connectivity index (χ1) is 14.2. The van der Waals surface area contributed by atoms with Crippen LogP contribution >= 0.6 is 0 Å². The lowest BCUT2D eigenvalue weighted by molar-refractivity contribution is -0.129. The van der Waals surface area contributed by atoms with Gasteiger partial charge in [-0.3, -0.25) is 14.5 Å². The smallest absolute Gasteiger partial charge is 0.337 e. The molecule has 166 valence electrons. The predicted octanol–water partition coefficient (Wildman–Crippen LogP) is 2.35. The van der Waals surface area contributed by atoms with Crippen LogP contribution in [0.4, 0.5) is 0 Å². The van der Waals surface area contributed by atoms with Gasteiger partial charge in [0.05, 0.1) is 18.7 Å². The molecule has 7 nitrogen and oxygen atoms in total. The van der Waals surface area contributed by atoms with E-state index < -0.39 is 0 Å². The molecule has 1 aromatic carbocycles. The monoisotopic (exact) mass is 417 g/mol. The number of amides is 2. The molecule has 1 aliphatic heterocycles. The summed E-state index contributed by atoms with van der Waals surface area (Å²) in [4.78, 5) is 38.6. The second-order valence-corrected chi connectivity index (χ2v) is 8.43. The van der Waals surface area contributed by atoms with Gasteiger partial charge >= 0.3 is 5.97 Å². The molecule has 1 heterocycles. The molecular weight excluding hydrogens is 382 g/mol. The van der Waals surface area contributed by atoms with Gasteiger partial charge in [-0.1, -0.05) is 26.0 Å². The molecule has 0 radical (unpaired) electrons. The Morgan fingerprint density at radius 1 is 1.07 bits per heavy atom. The average molecular weight is 418 g/mol. The number of carbonyl (C=O) groups excluding carboxylic acids is 3. The van der Waals surface area contributed by atoms with Gasteiger partial charge in [-0.15, -0.1) is 0 Å². The number of nitrogens with zero attached hydrogens (tertiary/aromatic N) is 1. The molecule has 1 aliphatic rings. The summed E-state index contributed by atoms with van der Waals surface area (Å²) in [6.45, 7) is 10.00. The van der Waals surface area contributed by atoms with Crippen LogP contribution in [0.3, 0.4) is 0 Å². The minimum Gasteiger partial charge on any atom is -0.465 e. The van der Waals surface area contributed by atoms with Crippen LogP contribution in [-0.2, 0) is 20.9 Å². The van der Waals surface area contributed by atoms with Crippen LogP contribution in [0.25, 0.3) is 0 Å². The van der Waals surface area contributed by atoms with Crippen molar-refractivity contribution in [1.82, 2.24) is 15.5 Å². The van der Waals surface area contributed by atoms with Crippen LogP contribution in [0, 0.1) is 11.8 Å². The Hall–Kier alpha value is -2.41. The van der Waals surface area contributed by atoms with E-state index >= 15 is 0 Å². The van der Waals surface area contributed by atoms with E-state index in [0.717, 1.165) is 31.5 Å². The third kappa shape index (κ3) is 6.55. The molecular formula is C23H35N3O4. The SMILES string of the molecule is COC(=O)c1ccc(CNC(=O)[C@@H](C)N2CCC(C(=O)N[C@@H](C)C(C)C)CC2)cc1. The quantitative estimate of drug-likeness (QED) is 0.634. The molecule has 2 atom stereocenters. The van der Waals surface area contributed by atoms with Crippen LogP contribution in [-0.4, -0.2) is 55.0 Å². The van der Waals surface area contributed by atoms with E-state index in [1.54, 1.807) is 24.3 Å². The molecule has 0 aliphatic carbocycles. The zero-order valence-electron chi connectivity index (χ0n) is 18.7. The van der Waals surface area contributed by atoms with E-state index in [1.165, 1.54) is 7.11 Å². The number of ether oxygens (including phenoxy) is 1. The highest BCUT2D eigenvalue weighted by atomic mass is 16.5. The Morgan fingerprint density at radius 3 is 2.20 bits per heavy atom. The van der Waals surface area contributed by atoms with Gasteiger partial charge in [-0.25, -0.2) is 4.79 Å². The topological polar surface area (TPSA) is 87.7 Å². The second kappa shape index (κ2) is 11.1. The zero-order chi connectivity index (χ0) is 22.3. The highest BCUT2D eigenvalue weighted by Crippen LogP contribution is 2.20. The third-order valence-electron chi connectivity index (χ3n) is 6.04. The van der Waals surface area contributed by atoms with Crippen LogP contribution in [0.2, 0.25) is 0 Å². The summed E-state index contributed by atoms with van der Waals surface area (Å²) in [5, 5.41) is 6.06. The molecule has 2 rings (SSSR count). The first kappa shape index (κ1) is 23.9. The van der Waals surface area contributed by atoms with Gasteiger partial charge in [0.2, 0.25) is 11.8 Å². The van der Waals surface area contributed by atoms with Gasteiger partial charge in [0.15, 0.2) is 0 Å². The van der Waals surface area contributed by atoms with Gasteiger partial charge in [0.1, 0.15) is 0 Å². The summed E-state index contributed by atoms with van der Waals surface area (Å²) >= 11 is 0. The second-order valence-electron chi connectivity index (χ2n) is 8.43. The van der Waals surface area contributed by atoms with Crippen molar-refractivity contribution in [2.45, 2.75) is 59.2 Å². The Labute approximate surface area is 179 Å². The van der Waals surface area contributed by atoms with Gasteiger partial charge in [-0.2, -0.15) is 0 Å². The Morgan fingerprint density at radius 2 is 1.67 bits per heavy atom. The summed E-state index contributed by atoms with van der Waals surface area (Å²) in [7, 11) is 1.35. The van der Waals surface area contributed by atoms with E-state index in [0.29, 0.717) is 18.0 Å². The molecule has 7 heteroatoms. The van der Waals surface area contributed by atoms with Gasteiger partial charge < -0.3 is 15.4 Å². The summed E-state index contributed by atoms with van der Waals surface area (Å²) in [6, 6.07) is 6.90. The minimum atomic E-state index is -0.380. The van der Waals surface area contributed by atoms with Crippen molar-refractivity contribution in [2.24, 2.45) is 11.8 Å². The maximum atomic E-state index is 12.6. The Kier molecular flexibility index (Phi) is 8.84. The predicted molar refractivity (Wildman–Crippen MR) is 116 cm³/mol. The van der Waals surface area contributed by atoms with Crippen molar-refractivity contribution < 1.29 is 19.1 Å². The number of carbonyl (C=O) groups is 3. The normalized spacial score (nSPS) is 17.3. The van der Waals surface area contributed by atoms with E-state index in [9.17, 15) is 14.4 Å².